The van der Waals surface area contributed by atoms with E-state index in [1.807, 2.05) is 0 Å². The van der Waals surface area contributed by atoms with E-state index < -0.39 is 0 Å². The Kier molecular flexibility index (Phi) is 4.84. The Hall–Kier alpha value is -2.45. The second-order valence-corrected chi connectivity index (χ2v) is 5.98. The number of nitriles is 1. The molecule has 2 atom stereocenters. The summed E-state index contributed by atoms with van der Waals surface area (Å²) in [5.41, 5.74) is 1.70. The van der Waals surface area contributed by atoms with E-state index in [1.54, 1.807) is 12.4 Å². The third-order valence-electron chi connectivity index (χ3n) is 4.48. The highest BCUT2D eigenvalue weighted by molar-refractivity contribution is 5.46. The summed E-state index contributed by atoms with van der Waals surface area (Å²) >= 11 is 0. The van der Waals surface area contributed by atoms with Crippen LogP contribution in [-0.2, 0) is 0 Å². The molecule has 3 rings (SSSR count). The zero-order valence-electron chi connectivity index (χ0n) is 13.3. The van der Waals surface area contributed by atoms with Gasteiger partial charge >= 0.3 is 0 Å². The van der Waals surface area contributed by atoms with Gasteiger partial charge in [0.25, 0.3) is 0 Å². The van der Waals surface area contributed by atoms with Gasteiger partial charge in [0.2, 0.25) is 0 Å². The van der Waals surface area contributed by atoms with Gasteiger partial charge in [-0.1, -0.05) is 30.3 Å². The molecule has 5 nitrogen and oxygen atoms in total. The number of piperidine rings is 1. The number of hydrogen-bond acceptors (Lipinski definition) is 5. The lowest BCUT2D eigenvalue weighted by atomic mass is 9.85. The van der Waals surface area contributed by atoms with Crippen molar-refractivity contribution in [2.45, 2.75) is 18.9 Å². The second kappa shape index (κ2) is 7.21. The van der Waals surface area contributed by atoms with E-state index >= 15 is 0 Å². The Bertz CT molecular complexity index is 679. The molecule has 1 aliphatic rings. The van der Waals surface area contributed by atoms with Crippen molar-refractivity contribution in [1.82, 2.24) is 14.9 Å². The number of nitrogens with zero attached hydrogens (tertiary/aromatic N) is 4. The van der Waals surface area contributed by atoms with Gasteiger partial charge in [-0.3, -0.25) is 4.90 Å². The van der Waals surface area contributed by atoms with Crippen LogP contribution in [0.5, 0.6) is 0 Å². The second-order valence-electron chi connectivity index (χ2n) is 5.98. The quantitative estimate of drug-likeness (QED) is 0.941. The van der Waals surface area contributed by atoms with Crippen LogP contribution < -0.4 is 5.32 Å². The molecule has 0 aliphatic carbocycles. The predicted molar refractivity (Wildman–Crippen MR) is 89.8 cm³/mol. The standard InChI is InChI=1S/C18H21N5/c1-23-11-5-8-15(17(23)14-6-3-2-4-7-14)13-22-18-16(12-19)20-9-10-21-18/h2-4,6-7,9-10,15,17H,5,8,11,13H2,1H3,(H,21,22)/t15-,17+/m1/s1. The van der Waals surface area contributed by atoms with Gasteiger partial charge in [-0.15, -0.1) is 0 Å². The number of benzene rings is 1. The monoisotopic (exact) mass is 307 g/mol. The number of rotatable bonds is 4. The first-order valence-electron chi connectivity index (χ1n) is 7.99. The summed E-state index contributed by atoms with van der Waals surface area (Å²) in [5.74, 6) is 1.06. The molecule has 23 heavy (non-hydrogen) atoms. The highest BCUT2D eigenvalue weighted by Gasteiger charge is 2.30. The van der Waals surface area contributed by atoms with Crippen LogP contribution in [-0.4, -0.2) is 35.0 Å². The van der Waals surface area contributed by atoms with Crippen molar-refractivity contribution in [3.8, 4) is 6.07 Å². The summed E-state index contributed by atoms with van der Waals surface area (Å²) in [6, 6.07) is 13.1. The summed E-state index contributed by atoms with van der Waals surface area (Å²) in [6.45, 7) is 1.90. The smallest absolute Gasteiger partial charge is 0.182 e. The van der Waals surface area contributed by atoms with Crippen molar-refractivity contribution in [3.05, 3.63) is 54.0 Å². The highest BCUT2D eigenvalue weighted by atomic mass is 15.1. The van der Waals surface area contributed by atoms with E-state index in [1.165, 1.54) is 18.4 Å². The average molecular weight is 307 g/mol. The predicted octanol–water partition coefficient (Wildman–Crippen LogP) is 2.84. The molecule has 118 valence electrons. The van der Waals surface area contributed by atoms with Crippen LogP contribution in [0.25, 0.3) is 0 Å². The van der Waals surface area contributed by atoms with Gasteiger partial charge in [0.1, 0.15) is 6.07 Å². The number of anilines is 1. The fourth-order valence-corrected chi connectivity index (χ4v) is 3.43. The Morgan fingerprint density at radius 2 is 2.04 bits per heavy atom. The van der Waals surface area contributed by atoms with E-state index in [2.05, 4.69) is 63.6 Å². The van der Waals surface area contributed by atoms with Gasteiger partial charge in [0.15, 0.2) is 11.5 Å². The zero-order valence-corrected chi connectivity index (χ0v) is 13.3. The van der Waals surface area contributed by atoms with Crippen molar-refractivity contribution in [2.24, 2.45) is 5.92 Å². The highest BCUT2D eigenvalue weighted by Crippen LogP contribution is 2.35. The first kappa shape index (κ1) is 15.4. The topological polar surface area (TPSA) is 64.8 Å². The van der Waals surface area contributed by atoms with Crippen molar-refractivity contribution in [3.63, 3.8) is 0 Å². The molecule has 0 spiro atoms. The minimum Gasteiger partial charge on any atom is -0.367 e. The summed E-state index contributed by atoms with van der Waals surface area (Å²) < 4.78 is 0. The maximum atomic E-state index is 9.13. The molecule has 0 bridgehead atoms. The summed E-state index contributed by atoms with van der Waals surface area (Å²) in [6.07, 6.45) is 5.52. The lowest BCUT2D eigenvalue weighted by molar-refractivity contribution is 0.128. The normalized spacial score (nSPS) is 21.6. The van der Waals surface area contributed by atoms with E-state index in [-0.39, 0.29) is 0 Å². The van der Waals surface area contributed by atoms with E-state index in [0.29, 0.717) is 23.5 Å². The number of hydrogen-bond donors (Lipinski definition) is 1. The minimum absolute atomic E-state index is 0.355. The fourth-order valence-electron chi connectivity index (χ4n) is 3.43. The fraction of sp³-hybridized carbons (Fsp3) is 0.389. The molecule has 2 heterocycles. The third-order valence-corrected chi connectivity index (χ3v) is 4.48. The van der Waals surface area contributed by atoms with Crippen LogP contribution in [0.1, 0.15) is 30.1 Å². The molecular formula is C18H21N5. The third kappa shape index (κ3) is 3.49. The van der Waals surface area contributed by atoms with E-state index in [0.717, 1.165) is 13.1 Å². The van der Waals surface area contributed by atoms with E-state index in [4.69, 9.17) is 5.26 Å². The SMILES string of the molecule is CN1CCC[C@H](CNc2nccnc2C#N)[C@@H]1c1ccccc1. The van der Waals surface area contributed by atoms with Crippen molar-refractivity contribution >= 4 is 5.82 Å². The molecule has 0 unspecified atom stereocenters. The molecule has 1 aromatic carbocycles. The Labute approximate surface area is 137 Å². The molecule has 1 saturated heterocycles. The van der Waals surface area contributed by atoms with Crippen LogP contribution in [0.15, 0.2) is 42.7 Å². The Morgan fingerprint density at radius 1 is 1.26 bits per heavy atom. The van der Waals surface area contributed by atoms with Crippen molar-refractivity contribution in [2.75, 3.05) is 25.5 Å². The summed E-state index contributed by atoms with van der Waals surface area (Å²) in [7, 11) is 2.19. The Morgan fingerprint density at radius 3 is 2.83 bits per heavy atom. The zero-order chi connectivity index (χ0) is 16.1. The van der Waals surface area contributed by atoms with Crippen molar-refractivity contribution < 1.29 is 0 Å². The van der Waals surface area contributed by atoms with Gasteiger partial charge in [0.05, 0.1) is 0 Å². The summed E-state index contributed by atoms with van der Waals surface area (Å²) in [4.78, 5) is 10.7. The largest absolute Gasteiger partial charge is 0.367 e. The Balaban J connectivity index is 1.76. The molecule has 1 aliphatic heterocycles. The van der Waals surface area contributed by atoms with Crippen LogP contribution >= 0.6 is 0 Å². The van der Waals surface area contributed by atoms with Gasteiger partial charge in [-0.25, -0.2) is 9.97 Å². The first-order chi connectivity index (χ1) is 11.3. The van der Waals surface area contributed by atoms with Crippen LogP contribution in [0.2, 0.25) is 0 Å². The van der Waals surface area contributed by atoms with Crippen molar-refractivity contribution in [1.29, 1.82) is 5.26 Å². The number of aromatic nitrogens is 2. The van der Waals surface area contributed by atoms with Crippen LogP contribution in [0.3, 0.4) is 0 Å². The molecular weight excluding hydrogens is 286 g/mol. The summed E-state index contributed by atoms with van der Waals surface area (Å²) in [5, 5.41) is 12.5. The van der Waals surface area contributed by atoms with Gasteiger partial charge in [-0.2, -0.15) is 5.26 Å². The molecule has 1 aromatic heterocycles. The maximum Gasteiger partial charge on any atom is 0.182 e. The molecule has 0 radical (unpaired) electrons. The average Bonchev–Trinajstić information content (AvgIpc) is 2.61. The lowest BCUT2D eigenvalue weighted by Crippen LogP contribution is -2.39. The number of likely N-dealkylation sites (tertiary alicyclic amines) is 1. The lowest BCUT2D eigenvalue weighted by Gasteiger charge is -2.39. The van der Waals surface area contributed by atoms with Gasteiger partial charge in [0, 0.05) is 25.0 Å². The maximum absolute atomic E-state index is 9.13. The van der Waals surface area contributed by atoms with E-state index in [9.17, 15) is 0 Å². The minimum atomic E-state index is 0.355. The first-order valence-corrected chi connectivity index (χ1v) is 7.99. The molecule has 1 N–H and O–H groups in total. The van der Waals surface area contributed by atoms with Gasteiger partial charge in [-0.05, 0) is 37.9 Å². The molecule has 5 heteroatoms. The molecule has 0 saturated carbocycles. The number of nitrogens with one attached hydrogen (secondary N) is 1. The van der Waals surface area contributed by atoms with Crippen LogP contribution in [0, 0.1) is 17.2 Å². The molecule has 1 fully saturated rings. The molecule has 2 aromatic rings. The molecule has 0 amide bonds. The van der Waals surface area contributed by atoms with Gasteiger partial charge < -0.3 is 5.32 Å². The van der Waals surface area contributed by atoms with Crippen LogP contribution in [0.4, 0.5) is 5.82 Å².